The van der Waals surface area contributed by atoms with Gasteiger partial charge in [-0.2, -0.15) is 0 Å². The molecule has 2 rings (SSSR count). The normalized spacial score (nSPS) is 16.5. The van der Waals surface area contributed by atoms with Gasteiger partial charge in [0.1, 0.15) is 5.82 Å². The van der Waals surface area contributed by atoms with Gasteiger partial charge in [0.15, 0.2) is 0 Å². The number of aryl methyl sites for hydroxylation is 1. The standard InChI is InChI=1S/C18H31N3O/c1-4-6-17(7-5-2)18(22)20-11-8-16(9-12-20)14-21-13-10-19-15(21)3/h10,13,16-17H,4-9,11-12,14H2,1-3H3. The monoisotopic (exact) mass is 305 g/mol. The Morgan fingerprint density at radius 2 is 1.91 bits per heavy atom. The van der Waals surface area contributed by atoms with Crippen molar-refractivity contribution in [3.05, 3.63) is 18.2 Å². The number of hydrogen-bond acceptors (Lipinski definition) is 2. The molecule has 1 aromatic heterocycles. The van der Waals surface area contributed by atoms with Gasteiger partial charge in [0.05, 0.1) is 0 Å². The Labute approximate surface area is 134 Å². The van der Waals surface area contributed by atoms with E-state index >= 15 is 0 Å². The number of imidazole rings is 1. The predicted molar refractivity (Wildman–Crippen MR) is 89.6 cm³/mol. The molecule has 0 aliphatic carbocycles. The molecule has 0 unspecified atom stereocenters. The molecule has 1 aromatic rings. The van der Waals surface area contributed by atoms with E-state index in [0.29, 0.717) is 11.8 Å². The minimum Gasteiger partial charge on any atom is -0.342 e. The summed E-state index contributed by atoms with van der Waals surface area (Å²) in [6.45, 7) is 9.31. The highest BCUT2D eigenvalue weighted by atomic mass is 16.2. The fraction of sp³-hybridized carbons (Fsp3) is 0.778. The Balaban J connectivity index is 1.83. The Kier molecular flexibility index (Phi) is 6.47. The number of aromatic nitrogens is 2. The first kappa shape index (κ1) is 17.0. The van der Waals surface area contributed by atoms with Crippen LogP contribution in [0.2, 0.25) is 0 Å². The van der Waals surface area contributed by atoms with Gasteiger partial charge >= 0.3 is 0 Å². The van der Waals surface area contributed by atoms with Crippen LogP contribution in [0, 0.1) is 18.8 Å². The van der Waals surface area contributed by atoms with Crippen molar-refractivity contribution in [2.75, 3.05) is 13.1 Å². The van der Waals surface area contributed by atoms with Crippen LogP contribution in [0.3, 0.4) is 0 Å². The van der Waals surface area contributed by atoms with Crippen molar-refractivity contribution in [2.45, 2.75) is 65.8 Å². The van der Waals surface area contributed by atoms with Crippen molar-refractivity contribution in [2.24, 2.45) is 11.8 Å². The van der Waals surface area contributed by atoms with Gasteiger partial charge in [-0.3, -0.25) is 4.79 Å². The maximum atomic E-state index is 12.7. The quantitative estimate of drug-likeness (QED) is 0.771. The Morgan fingerprint density at radius 1 is 1.27 bits per heavy atom. The van der Waals surface area contributed by atoms with E-state index < -0.39 is 0 Å². The third-order valence-corrected chi connectivity index (χ3v) is 4.93. The first-order valence-corrected chi connectivity index (χ1v) is 8.92. The Morgan fingerprint density at radius 3 is 2.41 bits per heavy atom. The molecule has 4 heteroatoms. The number of rotatable bonds is 7. The highest BCUT2D eigenvalue weighted by molar-refractivity contribution is 5.78. The summed E-state index contributed by atoms with van der Waals surface area (Å²) in [6.07, 6.45) is 10.5. The van der Waals surface area contributed by atoms with Crippen molar-refractivity contribution in [1.82, 2.24) is 14.5 Å². The van der Waals surface area contributed by atoms with Crippen LogP contribution in [0.15, 0.2) is 12.4 Å². The van der Waals surface area contributed by atoms with E-state index in [0.717, 1.165) is 64.0 Å². The first-order chi connectivity index (χ1) is 10.7. The molecule has 124 valence electrons. The molecule has 4 nitrogen and oxygen atoms in total. The average Bonchev–Trinajstić information content (AvgIpc) is 2.92. The lowest BCUT2D eigenvalue weighted by molar-refractivity contribution is -0.137. The molecular formula is C18H31N3O. The second-order valence-corrected chi connectivity index (χ2v) is 6.67. The highest BCUT2D eigenvalue weighted by Gasteiger charge is 2.27. The number of amides is 1. The lowest BCUT2D eigenvalue weighted by atomic mass is 9.92. The molecule has 0 spiro atoms. The van der Waals surface area contributed by atoms with Gasteiger partial charge in [0.2, 0.25) is 5.91 Å². The van der Waals surface area contributed by atoms with Crippen molar-refractivity contribution in [3.63, 3.8) is 0 Å². The van der Waals surface area contributed by atoms with Crippen LogP contribution < -0.4 is 0 Å². The minimum absolute atomic E-state index is 0.252. The Bertz CT molecular complexity index is 455. The molecule has 0 N–H and O–H groups in total. The molecule has 0 aromatic carbocycles. The van der Waals surface area contributed by atoms with E-state index in [4.69, 9.17) is 0 Å². The largest absolute Gasteiger partial charge is 0.342 e. The van der Waals surface area contributed by atoms with Crippen LogP contribution in [0.4, 0.5) is 0 Å². The summed E-state index contributed by atoms with van der Waals surface area (Å²) in [5, 5.41) is 0. The van der Waals surface area contributed by atoms with Crippen LogP contribution in [0.25, 0.3) is 0 Å². The summed E-state index contributed by atoms with van der Waals surface area (Å²) in [5.41, 5.74) is 0. The van der Waals surface area contributed by atoms with Gasteiger partial charge in [-0.1, -0.05) is 26.7 Å². The maximum absolute atomic E-state index is 12.7. The SMILES string of the molecule is CCCC(CCC)C(=O)N1CCC(Cn2ccnc2C)CC1. The van der Waals surface area contributed by atoms with Gasteiger partial charge in [-0.25, -0.2) is 4.98 Å². The molecule has 0 bridgehead atoms. The minimum atomic E-state index is 0.252. The smallest absolute Gasteiger partial charge is 0.225 e. The van der Waals surface area contributed by atoms with Gasteiger partial charge < -0.3 is 9.47 Å². The lowest BCUT2D eigenvalue weighted by Crippen LogP contribution is -2.42. The van der Waals surface area contributed by atoms with Crippen LogP contribution in [-0.2, 0) is 11.3 Å². The summed E-state index contributed by atoms with van der Waals surface area (Å²) in [6, 6.07) is 0. The van der Waals surface area contributed by atoms with Crippen LogP contribution in [0.1, 0.15) is 58.2 Å². The zero-order valence-electron chi connectivity index (χ0n) is 14.4. The number of carbonyl (C=O) groups excluding carboxylic acids is 1. The van der Waals surface area contributed by atoms with E-state index in [9.17, 15) is 4.79 Å². The van der Waals surface area contributed by atoms with Crippen LogP contribution in [-0.4, -0.2) is 33.4 Å². The average molecular weight is 305 g/mol. The number of piperidine rings is 1. The molecular weight excluding hydrogens is 274 g/mol. The van der Waals surface area contributed by atoms with E-state index in [1.165, 1.54) is 0 Å². The zero-order valence-corrected chi connectivity index (χ0v) is 14.4. The number of nitrogens with zero attached hydrogens (tertiary/aromatic N) is 3. The predicted octanol–water partition coefficient (Wildman–Crippen LogP) is 3.65. The van der Waals surface area contributed by atoms with Gasteiger partial charge in [0.25, 0.3) is 0 Å². The molecule has 2 heterocycles. The summed E-state index contributed by atoms with van der Waals surface area (Å²) in [4.78, 5) is 19.1. The molecule has 22 heavy (non-hydrogen) atoms. The molecule has 1 amide bonds. The first-order valence-electron chi connectivity index (χ1n) is 8.92. The molecule has 1 saturated heterocycles. The highest BCUT2D eigenvalue weighted by Crippen LogP contribution is 2.23. The number of hydrogen-bond donors (Lipinski definition) is 0. The molecule has 0 atom stereocenters. The summed E-state index contributed by atoms with van der Waals surface area (Å²) >= 11 is 0. The van der Waals surface area contributed by atoms with Gasteiger partial charge in [0, 0.05) is 37.9 Å². The topological polar surface area (TPSA) is 38.1 Å². The van der Waals surface area contributed by atoms with E-state index in [2.05, 4.69) is 41.4 Å². The molecule has 1 aliphatic heterocycles. The molecule has 1 aliphatic rings. The van der Waals surface area contributed by atoms with Crippen LogP contribution in [0.5, 0.6) is 0 Å². The van der Waals surface area contributed by atoms with Crippen molar-refractivity contribution in [1.29, 1.82) is 0 Å². The van der Waals surface area contributed by atoms with E-state index in [1.807, 2.05) is 6.20 Å². The number of likely N-dealkylation sites (tertiary alicyclic amines) is 1. The molecule has 0 saturated carbocycles. The van der Waals surface area contributed by atoms with Crippen LogP contribution >= 0.6 is 0 Å². The van der Waals surface area contributed by atoms with E-state index in [-0.39, 0.29) is 5.92 Å². The second-order valence-electron chi connectivity index (χ2n) is 6.67. The van der Waals surface area contributed by atoms with E-state index in [1.54, 1.807) is 0 Å². The summed E-state index contributed by atoms with van der Waals surface area (Å²) in [5.74, 6) is 2.42. The van der Waals surface area contributed by atoms with Crippen molar-refractivity contribution >= 4 is 5.91 Å². The second kappa shape index (κ2) is 8.35. The third kappa shape index (κ3) is 4.34. The third-order valence-electron chi connectivity index (χ3n) is 4.93. The van der Waals surface area contributed by atoms with Gasteiger partial charge in [-0.05, 0) is 38.5 Å². The molecule has 0 radical (unpaired) electrons. The lowest BCUT2D eigenvalue weighted by Gasteiger charge is -2.34. The summed E-state index contributed by atoms with van der Waals surface area (Å²) < 4.78 is 2.24. The maximum Gasteiger partial charge on any atom is 0.225 e. The van der Waals surface area contributed by atoms with Crippen molar-refractivity contribution in [3.8, 4) is 0 Å². The van der Waals surface area contributed by atoms with Gasteiger partial charge in [-0.15, -0.1) is 0 Å². The fourth-order valence-corrected chi connectivity index (χ4v) is 3.56. The van der Waals surface area contributed by atoms with Crippen molar-refractivity contribution < 1.29 is 4.79 Å². The summed E-state index contributed by atoms with van der Waals surface area (Å²) in [7, 11) is 0. The zero-order chi connectivity index (χ0) is 15.9. The number of carbonyl (C=O) groups is 1. The Hall–Kier alpha value is -1.32. The molecule has 1 fully saturated rings. The fourth-order valence-electron chi connectivity index (χ4n) is 3.56.